The van der Waals surface area contributed by atoms with E-state index < -0.39 is 0 Å². The number of halogens is 1. The van der Waals surface area contributed by atoms with E-state index in [0.29, 0.717) is 24.5 Å². The Kier molecular flexibility index (Phi) is 4.62. The van der Waals surface area contributed by atoms with Gasteiger partial charge in [-0.05, 0) is 18.2 Å². The van der Waals surface area contributed by atoms with Crippen LogP contribution in [0.1, 0.15) is 10.4 Å². The lowest BCUT2D eigenvalue weighted by molar-refractivity contribution is 0.111. The maximum atomic E-state index is 10.7. The predicted molar refractivity (Wildman–Crippen MR) is 56.9 cm³/mol. The summed E-state index contributed by atoms with van der Waals surface area (Å²) in [7, 11) is 1.60. The van der Waals surface area contributed by atoms with Gasteiger partial charge in [-0.3, -0.25) is 4.79 Å². The second-order valence-corrected chi connectivity index (χ2v) is 3.56. The first kappa shape index (κ1) is 11.2. The number of methoxy groups -OCH3 is 1. The molecule has 3 nitrogen and oxygen atoms in total. The molecule has 0 bridgehead atoms. The fourth-order valence-electron chi connectivity index (χ4n) is 0.978. The summed E-state index contributed by atoms with van der Waals surface area (Å²) in [5, 5.41) is 0. The van der Waals surface area contributed by atoms with Gasteiger partial charge in [-0.25, -0.2) is 0 Å². The largest absolute Gasteiger partial charge is 0.490 e. The van der Waals surface area contributed by atoms with Crippen LogP contribution in [0.25, 0.3) is 0 Å². The monoisotopic (exact) mass is 258 g/mol. The molecule has 0 fully saturated rings. The average molecular weight is 259 g/mol. The predicted octanol–water partition coefficient (Wildman–Crippen LogP) is 2.29. The van der Waals surface area contributed by atoms with Crippen LogP contribution < -0.4 is 4.74 Å². The minimum absolute atomic E-state index is 0.443. The molecule has 0 amide bonds. The van der Waals surface area contributed by atoms with Crippen molar-refractivity contribution in [3.05, 3.63) is 28.2 Å². The molecule has 0 spiro atoms. The zero-order valence-corrected chi connectivity index (χ0v) is 9.41. The van der Waals surface area contributed by atoms with Gasteiger partial charge in [0.1, 0.15) is 12.4 Å². The average Bonchev–Trinajstić information content (AvgIpc) is 2.20. The molecule has 0 aromatic heterocycles. The standard InChI is InChI=1S/C10H11BrO3/c1-13-4-5-14-10-3-2-9(11)6-8(10)7-12/h2-3,6-7H,4-5H2,1H3. The Morgan fingerprint density at radius 2 is 2.21 bits per heavy atom. The topological polar surface area (TPSA) is 35.5 Å². The molecule has 76 valence electrons. The number of carbonyl (C=O) groups is 1. The molecule has 0 aliphatic heterocycles. The molecule has 0 radical (unpaired) electrons. The third-order valence-corrected chi connectivity index (χ3v) is 2.14. The van der Waals surface area contributed by atoms with Crippen molar-refractivity contribution in [2.45, 2.75) is 0 Å². The van der Waals surface area contributed by atoms with E-state index in [4.69, 9.17) is 9.47 Å². The van der Waals surface area contributed by atoms with Gasteiger partial charge in [0.05, 0.1) is 12.2 Å². The summed E-state index contributed by atoms with van der Waals surface area (Å²) in [6.07, 6.45) is 0.771. The minimum Gasteiger partial charge on any atom is -0.490 e. The van der Waals surface area contributed by atoms with Gasteiger partial charge < -0.3 is 9.47 Å². The highest BCUT2D eigenvalue weighted by atomic mass is 79.9. The highest BCUT2D eigenvalue weighted by Gasteiger charge is 2.02. The third-order valence-electron chi connectivity index (χ3n) is 1.64. The number of carbonyl (C=O) groups excluding carboxylic acids is 1. The Bertz CT molecular complexity index is 312. The van der Waals surface area contributed by atoms with Crippen LogP contribution in [-0.2, 0) is 4.74 Å². The number of benzene rings is 1. The summed E-state index contributed by atoms with van der Waals surface area (Å²) in [6.45, 7) is 0.952. The Labute approximate surface area is 91.1 Å². The molecular formula is C10H11BrO3. The summed E-state index contributed by atoms with van der Waals surface area (Å²) in [5.41, 5.74) is 0.537. The lowest BCUT2D eigenvalue weighted by Gasteiger charge is -2.07. The maximum Gasteiger partial charge on any atom is 0.153 e. The first-order chi connectivity index (χ1) is 6.77. The molecule has 1 aromatic carbocycles. The fraction of sp³-hybridized carbons (Fsp3) is 0.300. The number of hydrogen-bond acceptors (Lipinski definition) is 3. The van der Waals surface area contributed by atoms with Crippen LogP contribution in [0.5, 0.6) is 5.75 Å². The van der Waals surface area contributed by atoms with Crippen LogP contribution >= 0.6 is 15.9 Å². The van der Waals surface area contributed by atoms with E-state index in [-0.39, 0.29) is 0 Å². The van der Waals surface area contributed by atoms with Crippen molar-refractivity contribution in [3.8, 4) is 5.75 Å². The van der Waals surface area contributed by atoms with Gasteiger partial charge in [-0.1, -0.05) is 15.9 Å². The number of ether oxygens (including phenoxy) is 2. The molecule has 4 heteroatoms. The summed E-state index contributed by atoms with van der Waals surface area (Å²) in [4.78, 5) is 10.7. The Morgan fingerprint density at radius 3 is 2.86 bits per heavy atom. The molecule has 0 heterocycles. The summed E-state index contributed by atoms with van der Waals surface area (Å²) >= 11 is 3.28. The zero-order valence-electron chi connectivity index (χ0n) is 7.83. The lowest BCUT2D eigenvalue weighted by Crippen LogP contribution is -2.05. The van der Waals surface area contributed by atoms with Gasteiger partial charge in [0, 0.05) is 11.6 Å². The molecule has 0 unspecified atom stereocenters. The van der Waals surface area contributed by atoms with E-state index in [2.05, 4.69) is 15.9 Å². The summed E-state index contributed by atoms with van der Waals surface area (Å²) in [5.74, 6) is 0.584. The maximum absolute atomic E-state index is 10.7. The molecule has 0 aliphatic carbocycles. The quantitative estimate of drug-likeness (QED) is 0.601. The van der Waals surface area contributed by atoms with Crippen molar-refractivity contribution >= 4 is 22.2 Å². The molecular weight excluding hydrogens is 248 g/mol. The van der Waals surface area contributed by atoms with Crippen molar-refractivity contribution in [1.82, 2.24) is 0 Å². The van der Waals surface area contributed by atoms with Crippen molar-refractivity contribution in [2.24, 2.45) is 0 Å². The van der Waals surface area contributed by atoms with Crippen LogP contribution in [0.3, 0.4) is 0 Å². The second kappa shape index (κ2) is 5.78. The molecule has 0 saturated carbocycles. The normalized spacial score (nSPS) is 9.86. The van der Waals surface area contributed by atoms with E-state index >= 15 is 0 Å². The number of rotatable bonds is 5. The first-order valence-electron chi connectivity index (χ1n) is 4.14. The number of aldehydes is 1. The van der Waals surface area contributed by atoms with Gasteiger partial charge in [0.25, 0.3) is 0 Å². The Morgan fingerprint density at radius 1 is 1.43 bits per heavy atom. The molecule has 1 aromatic rings. The van der Waals surface area contributed by atoms with Crippen LogP contribution in [0.2, 0.25) is 0 Å². The first-order valence-corrected chi connectivity index (χ1v) is 4.93. The highest BCUT2D eigenvalue weighted by molar-refractivity contribution is 9.10. The van der Waals surface area contributed by atoms with Crippen LogP contribution in [0.15, 0.2) is 22.7 Å². The molecule has 1 rings (SSSR count). The van der Waals surface area contributed by atoms with Crippen molar-refractivity contribution in [2.75, 3.05) is 20.3 Å². The van der Waals surface area contributed by atoms with Crippen LogP contribution in [0, 0.1) is 0 Å². The van der Waals surface area contributed by atoms with Crippen LogP contribution in [0.4, 0.5) is 0 Å². The van der Waals surface area contributed by atoms with Gasteiger partial charge in [0.2, 0.25) is 0 Å². The van der Waals surface area contributed by atoms with Crippen molar-refractivity contribution < 1.29 is 14.3 Å². The zero-order chi connectivity index (χ0) is 10.4. The van der Waals surface area contributed by atoms with Crippen molar-refractivity contribution in [3.63, 3.8) is 0 Å². The van der Waals surface area contributed by atoms with E-state index in [1.54, 1.807) is 19.2 Å². The van der Waals surface area contributed by atoms with E-state index in [0.717, 1.165) is 10.8 Å². The van der Waals surface area contributed by atoms with E-state index in [1.807, 2.05) is 6.07 Å². The summed E-state index contributed by atoms with van der Waals surface area (Å²) in [6, 6.07) is 5.30. The fourth-order valence-corrected chi connectivity index (χ4v) is 1.36. The molecule has 14 heavy (non-hydrogen) atoms. The van der Waals surface area contributed by atoms with Gasteiger partial charge in [-0.15, -0.1) is 0 Å². The van der Waals surface area contributed by atoms with Crippen LogP contribution in [-0.4, -0.2) is 26.6 Å². The van der Waals surface area contributed by atoms with Gasteiger partial charge in [-0.2, -0.15) is 0 Å². The Hall–Kier alpha value is -0.870. The molecule has 0 aliphatic rings. The lowest BCUT2D eigenvalue weighted by atomic mass is 10.2. The highest BCUT2D eigenvalue weighted by Crippen LogP contribution is 2.21. The van der Waals surface area contributed by atoms with Gasteiger partial charge >= 0.3 is 0 Å². The van der Waals surface area contributed by atoms with Crippen molar-refractivity contribution in [1.29, 1.82) is 0 Å². The summed E-state index contributed by atoms with van der Waals surface area (Å²) < 4.78 is 11.0. The van der Waals surface area contributed by atoms with Gasteiger partial charge in [0.15, 0.2) is 6.29 Å². The number of hydrogen-bond donors (Lipinski definition) is 0. The minimum atomic E-state index is 0.443. The molecule has 0 saturated heterocycles. The SMILES string of the molecule is COCCOc1ccc(Br)cc1C=O. The van der Waals surface area contributed by atoms with E-state index in [9.17, 15) is 4.79 Å². The Balaban J connectivity index is 2.70. The van der Waals surface area contributed by atoms with E-state index in [1.165, 1.54) is 0 Å². The molecule has 0 atom stereocenters. The smallest absolute Gasteiger partial charge is 0.153 e. The third kappa shape index (κ3) is 3.12. The second-order valence-electron chi connectivity index (χ2n) is 2.64. The molecule has 0 N–H and O–H groups in total.